The van der Waals surface area contributed by atoms with Crippen LogP contribution in [0, 0.1) is 19.7 Å². The SMILES string of the molecule is COCCn1nc(C)c(CNC(=O)N2CCCC2Cc2cccc(F)c2)c1C. The number of amides is 2. The molecule has 1 saturated heterocycles. The Morgan fingerprint density at radius 2 is 2.21 bits per heavy atom. The van der Waals surface area contributed by atoms with Gasteiger partial charge in [0.2, 0.25) is 0 Å². The van der Waals surface area contributed by atoms with E-state index < -0.39 is 0 Å². The predicted molar refractivity (Wildman–Crippen MR) is 106 cm³/mol. The molecule has 0 saturated carbocycles. The molecule has 1 aromatic heterocycles. The number of halogens is 1. The van der Waals surface area contributed by atoms with Gasteiger partial charge >= 0.3 is 6.03 Å². The van der Waals surface area contributed by atoms with E-state index in [1.807, 2.05) is 29.5 Å². The number of hydrogen-bond donors (Lipinski definition) is 1. The molecule has 152 valence electrons. The number of aromatic nitrogens is 2. The maximum Gasteiger partial charge on any atom is 0.317 e. The largest absolute Gasteiger partial charge is 0.383 e. The number of carbonyl (C=O) groups excluding carboxylic acids is 1. The molecule has 1 aliphatic heterocycles. The van der Waals surface area contributed by atoms with Crippen LogP contribution in [-0.4, -0.2) is 47.0 Å². The number of carbonyl (C=O) groups is 1. The normalized spacial score (nSPS) is 16.6. The number of aryl methyl sites for hydroxylation is 1. The van der Waals surface area contributed by atoms with Gasteiger partial charge in [0.25, 0.3) is 0 Å². The molecule has 2 heterocycles. The third kappa shape index (κ3) is 4.70. The lowest BCUT2D eigenvalue weighted by Gasteiger charge is -2.25. The lowest BCUT2D eigenvalue weighted by Crippen LogP contribution is -2.43. The number of nitrogens with zero attached hydrogens (tertiary/aromatic N) is 3. The third-order valence-corrected chi connectivity index (χ3v) is 5.45. The summed E-state index contributed by atoms with van der Waals surface area (Å²) in [6, 6.07) is 6.67. The van der Waals surface area contributed by atoms with Gasteiger partial charge in [-0.3, -0.25) is 4.68 Å². The minimum Gasteiger partial charge on any atom is -0.383 e. The Labute approximate surface area is 165 Å². The van der Waals surface area contributed by atoms with E-state index in [1.54, 1.807) is 19.2 Å². The van der Waals surface area contributed by atoms with Crippen molar-refractivity contribution >= 4 is 6.03 Å². The molecular weight excluding hydrogens is 359 g/mol. The van der Waals surface area contributed by atoms with E-state index in [2.05, 4.69) is 10.4 Å². The molecular formula is C21H29FN4O2. The number of hydrogen-bond acceptors (Lipinski definition) is 3. The Morgan fingerprint density at radius 1 is 1.39 bits per heavy atom. The van der Waals surface area contributed by atoms with Crippen molar-refractivity contribution < 1.29 is 13.9 Å². The Hall–Kier alpha value is -2.41. The van der Waals surface area contributed by atoms with Crippen LogP contribution in [0.15, 0.2) is 24.3 Å². The molecule has 7 heteroatoms. The van der Waals surface area contributed by atoms with Crippen LogP contribution in [-0.2, 0) is 24.2 Å². The molecule has 1 N–H and O–H groups in total. The van der Waals surface area contributed by atoms with E-state index in [1.165, 1.54) is 6.07 Å². The van der Waals surface area contributed by atoms with Gasteiger partial charge in [-0.1, -0.05) is 12.1 Å². The molecule has 1 fully saturated rings. The zero-order valence-corrected chi connectivity index (χ0v) is 16.9. The first kappa shape index (κ1) is 20.3. The summed E-state index contributed by atoms with van der Waals surface area (Å²) in [4.78, 5) is 14.7. The zero-order chi connectivity index (χ0) is 20.1. The number of nitrogens with one attached hydrogen (secondary N) is 1. The molecule has 0 spiro atoms. The Balaban J connectivity index is 1.60. The molecule has 0 aliphatic carbocycles. The number of ether oxygens (including phenoxy) is 1. The summed E-state index contributed by atoms with van der Waals surface area (Å²) in [5.74, 6) is -0.233. The second kappa shape index (κ2) is 9.19. The standard InChI is InChI=1S/C21H29FN4O2/c1-15-20(16(2)26(24-15)10-11-28-3)14-23-21(27)25-9-5-8-19(25)13-17-6-4-7-18(22)12-17/h4,6-7,12,19H,5,8-11,13-14H2,1-3H3,(H,23,27). The number of methoxy groups -OCH3 is 1. The van der Waals surface area contributed by atoms with E-state index in [0.29, 0.717) is 26.1 Å². The molecule has 1 aliphatic rings. The fraction of sp³-hybridized carbons (Fsp3) is 0.524. The van der Waals surface area contributed by atoms with Gasteiger partial charge < -0.3 is 15.0 Å². The fourth-order valence-corrected chi connectivity index (χ4v) is 3.90. The van der Waals surface area contributed by atoms with Crippen LogP contribution < -0.4 is 5.32 Å². The molecule has 6 nitrogen and oxygen atoms in total. The van der Waals surface area contributed by atoms with Crippen LogP contribution >= 0.6 is 0 Å². The second-order valence-electron chi connectivity index (χ2n) is 7.35. The maximum absolute atomic E-state index is 13.5. The lowest BCUT2D eigenvalue weighted by atomic mass is 10.0. The summed E-state index contributed by atoms with van der Waals surface area (Å²) in [6.07, 6.45) is 2.59. The topological polar surface area (TPSA) is 59.4 Å². The molecule has 0 bridgehead atoms. The van der Waals surface area contributed by atoms with Crippen molar-refractivity contribution in [2.24, 2.45) is 0 Å². The average Bonchev–Trinajstić information content (AvgIpc) is 3.23. The smallest absolute Gasteiger partial charge is 0.317 e. The average molecular weight is 388 g/mol. The van der Waals surface area contributed by atoms with Crippen molar-refractivity contribution in [2.45, 2.75) is 52.2 Å². The highest BCUT2D eigenvalue weighted by atomic mass is 19.1. The van der Waals surface area contributed by atoms with Crippen molar-refractivity contribution in [3.8, 4) is 0 Å². The highest BCUT2D eigenvalue weighted by molar-refractivity contribution is 5.75. The predicted octanol–water partition coefficient (Wildman–Crippen LogP) is 3.20. The van der Waals surface area contributed by atoms with Gasteiger partial charge in [0.1, 0.15) is 5.82 Å². The summed E-state index contributed by atoms with van der Waals surface area (Å²) in [7, 11) is 1.67. The van der Waals surface area contributed by atoms with Crippen molar-refractivity contribution in [3.05, 3.63) is 52.6 Å². The fourth-order valence-electron chi connectivity index (χ4n) is 3.90. The lowest BCUT2D eigenvalue weighted by molar-refractivity contribution is 0.182. The van der Waals surface area contributed by atoms with Crippen LogP contribution in [0.1, 0.15) is 35.4 Å². The Kier molecular flexibility index (Phi) is 6.67. The molecule has 1 unspecified atom stereocenters. The van der Waals surface area contributed by atoms with Crippen LogP contribution in [0.4, 0.5) is 9.18 Å². The molecule has 3 rings (SSSR count). The highest BCUT2D eigenvalue weighted by Crippen LogP contribution is 2.22. The first-order valence-corrected chi connectivity index (χ1v) is 9.80. The van der Waals surface area contributed by atoms with Gasteiger partial charge in [0.15, 0.2) is 0 Å². The van der Waals surface area contributed by atoms with Crippen molar-refractivity contribution in [1.29, 1.82) is 0 Å². The summed E-state index contributed by atoms with van der Waals surface area (Å²) >= 11 is 0. The Morgan fingerprint density at radius 3 is 2.96 bits per heavy atom. The zero-order valence-electron chi connectivity index (χ0n) is 16.9. The number of rotatable bonds is 7. The summed E-state index contributed by atoms with van der Waals surface area (Å²) in [5.41, 5.74) is 3.94. The second-order valence-corrected chi connectivity index (χ2v) is 7.35. The maximum atomic E-state index is 13.5. The van der Waals surface area contributed by atoms with Gasteiger partial charge in [0.05, 0.1) is 18.8 Å². The van der Waals surface area contributed by atoms with Crippen molar-refractivity contribution in [2.75, 3.05) is 20.3 Å². The molecule has 0 radical (unpaired) electrons. The molecule has 1 atom stereocenters. The quantitative estimate of drug-likeness (QED) is 0.792. The van der Waals surface area contributed by atoms with Crippen LogP contribution in [0.5, 0.6) is 0 Å². The number of benzene rings is 1. The van der Waals surface area contributed by atoms with Gasteiger partial charge in [0, 0.05) is 37.5 Å². The molecule has 2 aromatic rings. The van der Waals surface area contributed by atoms with E-state index in [0.717, 1.165) is 41.9 Å². The van der Waals surface area contributed by atoms with Crippen LogP contribution in [0.3, 0.4) is 0 Å². The first-order valence-electron chi connectivity index (χ1n) is 9.80. The minimum atomic E-state index is -0.233. The number of likely N-dealkylation sites (tertiary alicyclic amines) is 1. The van der Waals surface area contributed by atoms with Crippen molar-refractivity contribution in [1.82, 2.24) is 20.0 Å². The molecule has 1 aromatic carbocycles. The first-order chi connectivity index (χ1) is 13.5. The summed E-state index contributed by atoms with van der Waals surface area (Å²) < 4.78 is 20.5. The van der Waals surface area contributed by atoms with E-state index in [4.69, 9.17) is 4.74 Å². The highest BCUT2D eigenvalue weighted by Gasteiger charge is 2.29. The van der Waals surface area contributed by atoms with Gasteiger partial charge in [-0.25, -0.2) is 9.18 Å². The van der Waals surface area contributed by atoms with E-state index in [-0.39, 0.29) is 17.9 Å². The summed E-state index contributed by atoms with van der Waals surface area (Å²) in [5, 5.41) is 7.59. The molecule has 28 heavy (non-hydrogen) atoms. The van der Waals surface area contributed by atoms with Gasteiger partial charge in [-0.15, -0.1) is 0 Å². The monoisotopic (exact) mass is 388 g/mol. The summed E-state index contributed by atoms with van der Waals surface area (Å²) in [6.45, 7) is 6.45. The van der Waals surface area contributed by atoms with E-state index >= 15 is 0 Å². The molecule has 2 amide bonds. The van der Waals surface area contributed by atoms with Crippen molar-refractivity contribution in [3.63, 3.8) is 0 Å². The number of urea groups is 1. The van der Waals surface area contributed by atoms with Gasteiger partial charge in [-0.05, 0) is 50.8 Å². The third-order valence-electron chi connectivity index (χ3n) is 5.45. The van der Waals surface area contributed by atoms with Crippen LogP contribution in [0.2, 0.25) is 0 Å². The van der Waals surface area contributed by atoms with E-state index in [9.17, 15) is 9.18 Å². The Bertz CT molecular complexity index is 821. The van der Waals surface area contributed by atoms with Gasteiger partial charge in [-0.2, -0.15) is 5.10 Å². The van der Waals surface area contributed by atoms with Crippen LogP contribution in [0.25, 0.3) is 0 Å². The minimum absolute atomic E-state index is 0.0673.